The minimum atomic E-state index is 0.742. The third kappa shape index (κ3) is 4.25. The highest BCUT2D eigenvalue weighted by Gasteiger charge is 1.94. The Hall–Kier alpha value is -2.06. The SMILES string of the molecule is COc1ccc(/C=C/c2cccc(CCCN)c2)cc1. The van der Waals surface area contributed by atoms with Crippen molar-refractivity contribution < 1.29 is 4.74 Å². The molecule has 0 atom stereocenters. The zero-order chi connectivity index (χ0) is 14.2. The average Bonchev–Trinajstić information content (AvgIpc) is 2.52. The predicted octanol–water partition coefficient (Wildman–Crippen LogP) is 3.76. The molecule has 0 bridgehead atoms. The number of rotatable bonds is 6. The van der Waals surface area contributed by atoms with Gasteiger partial charge < -0.3 is 10.5 Å². The first-order valence-corrected chi connectivity index (χ1v) is 6.93. The van der Waals surface area contributed by atoms with E-state index in [1.807, 2.05) is 24.3 Å². The van der Waals surface area contributed by atoms with E-state index in [0.29, 0.717) is 0 Å². The van der Waals surface area contributed by atoms with E-state index in [9.17, 15) is 0 Å². The van der Waals surface area contributed by atoms with Gasteiger partial charge in [0.1, 0.15) is 5.75 Å². The molecule has 0 aliphatic carbocycles. The maximum absolute atomic E-state index is 5.55. The van der Waals surface area contributed by atoms with Gasteiger partial charge in [-0.15, -0.1) is 0 Å². The molecule has 20 heavy (non-hydrogen) atoms. The molecule has 0 heterocycles. The highest BCUT2D eigenvalue weighted by molar-refractivity contribution is 5.70. The molecule has 0 radical (unpaired) electrons. The fraction of sp³-hybridized carbons (Fsp3) is 0.222. The molecule has 0 saturated heterocycles. The van der Waals surface area contributed by atoms with E-state index in [0.717, 1.165) is 30.7 Å². The summed E-state index contributed by atoms with van der Waals surface area (Å²) in [6.45, 7) is 0.742. The van der Waals surface area contributed by atoms with Crippen LogP contribution in [-0.2, 0) is 6.42 Å². The Kier molecular flexibility index (Phi) is 5.39. The number of hydrogen-bond acceptors (Lipinski definition) is 2. The summed E-state index contributed by atoms with van der Waals surface area (Å²) in [6.07, 6.45) is 6.32. The van der Waals surface area contributed by atoms with Gasteiger partial charge in [-0.3, -0.25) is 0 Å². The van der Waals surface area contributed by atoms with Crippen LogP contribution >= 0.6 is 0 Å². The van der Waals surface area contributed by atoms with Gasteiger partial charge in [-0.05, 0) is 48.2 Å². The maximum atomic E-state index is 5.55. The molecule has 2 heteroatoms. The average molecular weight is 267 g/mol. The van der Waals surface area contributed by atoms with Crippen molar-refractivity contribution in [2.45, 2.75) is 12.8 Å². The van der Waals surface area contributed by atoms with Crippen molar-refractivity contribution in [2.75, 3.05) is 13.7 Å². The van der Waals surface area contributed by atoms with Gasteiger partial charge in [0.25, 0.3) is 0 Å². The Morgan fingerprint density at radius 3 is 2.45 bits per heavy atom. The smallest absolute Gasteiger partial charge is 0.118 e. The number of hydrogen-bond donors (Lipinski definition) is 1. The zero-order valence-corrected chi connectivity index (χ0v) is 11.9. The van der Waals surface area contributed by atoms with Crippen LogP contribution in [0.5, 0.6) is 5.75 Å². The summed E-state index contributed by atoms with van der Waals surface area (Å²) in [7, 11) is 1.68. The van der Waals surface area contributed by atoms with Crippen molar-refractivity contribution in [3.05, 3.63) is 65.2 Å². The van der Waals surface area contributed by atoms with Crippen molar-refractivity contribution >= 4 is 12.2 Å². The van der Waals surface area contributed by atoms with Crippen LogP contribution < -0.4 is 10.5 Å². The van der Waals surface area contributed by atoms with Gasteiger partial charge in [-0.2, -0.15) is 0 Å². The van der Waals surface area contributed by atoms with Crippen LogP contribution in [0.4, 0.5) is 0 Å². The Morgan fingerprint density at radius 2 is 1.75 bits per heavy atom. The molecule has 104 valence electrons. The Morgan fingerprint density at radius 1 is 1.00 bits per heavy atom. The monoisotopic (exact) mass is 267 g/mol. The second-order valence-electron chi connectivity index (χ2n) is 4.74. The van der Waals surface area contributed by atoms with Crippen LogP contribution in [-0.4, -0.2) is 13.7 Å². The number of nitrogens with two attached hydrogens (primary N) is 1. The summed E-state index contributed by atoms with van der Waals surface area (Å²) in [6, 6.07) is 16.6. The second kappa shape index (κ2) is 7.51. The Bertz CT molecular complexity index is 558. The third-order valence-corrected chi connectivity index (χ3v) is 3.20. The molecular formula is C18H21NO. The zero-order valence-electron chi connectivity index (χ0n) is 11.9. The van der Waals surface area contributed by atoms with Crippen LogP contribution in [0.2, 0.25) is 0 Å². The largest absolute Gasteiger partial charge is 0.497 e. The second-order valence-corrected chi connectivity index (χ2v) is 4.74. The first-order valence-electron chi connectivity index (χ1n) is 6.93. The highest BCUT2D eigenvalue weighted by Crippen LogP contribution is 2.15. The third-order valence-electron chi connectivity index (χ3n) is 3.20. The molecule has 0 aromatic heterocycles. The molecule has 2 nitrogen and oxygen atoms in total. The summed E-state index contributed by atoms with van der Waals surface area (Å²) in [5, 5.41) is 0. The summed E-state index contributed by atoms with van der Waals surface area (Å²) in [5.74, 6) is 0.880. The van der Waals surface area contributed by atoms with Gasteiger partial charge in [0.05, 0.1) is 7.11 Å². The minimum absolute atomic E-state index is 0.742. The van der Waals surface area contributed by atoms with Crippen LogP contribution in [0.1, 0.15) is 23.1 Å². The Labute approximate surface area is 120 Å². The van der Waals surface area contributed by atoms with Crippen LogP contribution in [0, 0.1) is 0 Å². The summed E-state index contributed by atoms with van der Waals surface area (Å²) in [4.78, 5) is 0. The van der Waals surface area contributed by atoms with Gasteiger partial charge in [0.2, 0.25) is 0 Å². The van der Waals surface area contributed by atoms with Crippen molar-refractivity contribution in [2.24, 2.45) is 5.73 Å². The quantitative estimate of drug-likeness (QED) is 0.809. The van der Waals surface area contributed by atoms with Crippen molar-refractivity contribution in [3.63, 3.8) is 0 Å². The lowest BCUT2D eigenvalue weighted by Crippen LogP contribution is -2.00. The molecule has 0 aliphatic rings. The molecule has 2 N–H and O–H groups in total. The minimum Gasteiger partial charge on any atom is -0.497 e. The first kappa shape index (κ1) is 14.4. The number of benzene rings is 2. The molecule has 2 aromatic rings. The molecule has 2 aromatic carbocycles. The van der Waals surface area contributed by atoms with Gasteiger partial charge in [-0.1, -0.05) is 48.6 Å². The maximum Gasteiger partial charge on any atom is 0.118 e. The van der Waals surface area contributed by atoms with Crippen molar-refractivity contribution in [1.29, 1.82) is 0 Å². The van der Waals surface area contributed by atoms with Crippen LogP contribution in [0.25, 0.3) is 12.2 Å². The predicted molar refractivity (Wildman–Crippen MR) is 85.7 cm³/mol. The molecule has 0 unspecified atom stereocenters. The van der Waals surface area contributed by atoms with Crippen LogP contribution in [0.3, 0.4) is 0 Å². The van der Waals surface area contributed by atoms with Gasteiger partial charge in [0.15, 0.2) is 0 Å². The van der Waals surface area contributed by atoms with Crippen molar-refractivity contribution in [1.82, 2.24) is 0 Å². The standard InChI is InChI=1S/C18H21NO/c1-20-18-11-9-15(10-12-18)7-8-17-5-2-4-16(14-17)6-3-13-19/h2,4-5,7-12,14H,3,6,13,19H2,1H3/b8-7+. The number of aryl methyl sites for hydroxylation is 1. The summed E-state index contributed by atoms with van der Waals surface area (Å²) < 4.78 is 5.15. The number of ether oxygens (including phenoxy) is 1. The molecule has 0 spiro atoms. The van der Waals surface area contributed by atoms with E-state index < -0.39 is 0 Å². The number of methoxy groups -OCH3 is 1. The molecule has 0 aliphatic heterocycles. The molecule has 2 rings (SSSR count). The lowest BCUT2D eigenvalue weighted by atomic mass is 10.1. The van der Waals surface area contributed by atoms with E-state index in [2.05, 4.69) is 36.4 Å². The van der Waals surface area contributed by atoms with Gasteiger partial charge >= 0.3 is 0 Å². The van der Waals surface area contributed by atoms with E-state index in [4.69, 9.17) is 10.5 Å². The Balaban J connectivity index is 2.06. The van der Waals surface area contributed by atoms with E-state index in [1.54, 1.807) is 7.11 Å². The van der Waals surface area contributed by atoms with Crippen molar-refractivity contribution in [3.8, 4) is 5.75 Å². The molecule has 0 fully saturated rings. The molecule has 0 saturated carbocycles. The van der Waals surface area contributed by atoms with Gasteiger partial charge in [0, 0.05) is 0 Å². The lowest BCUT2D eigenvalue weighted by molar-refractivity contribution is 0.415. The fourth-order valence-corrected chi connectivity index (χ4v) is 2.07. The first-order chi connectivity index (χ1) is 9.81. The summed E-state index contributed by atoms with van der Waals surface area (Å²) in [5.41, 5.74) is 9.27. The lowest BCUT2D eigenvalue weighted by Gasteiger charge is -2.02. The normalized spacial score (nSPS) is 10.9. The molecule has 0 amide bonds. The van der Waals surface area contributed by atoms with E-state index in [-0.39, 0.29) is 0 Å². The summed E-state index contributed by atoms with van der Waals surface area (Å²) >= 11 is 0. The van der Waals surface area contributed by atoms with Crippen LogP contribution in [0.15, 0.2) is 48.5 Å². The fourth-order valence-electron chi connectivity index (χ4n) is 2.07. The molecular weight excluding hydrogens is 246 g/mol. The highest BCUT2D eigenvalue weighted by atomic mass is 16.5. The van der Waals surface area contributed by atoms with E-state index >= 15 is 0 Å². The van der Waals surface area contributed by atoms with E-state index in [1.165, 1.54) is 11.1 Å². The van der Waals surface area contributed by atoms with Gasteiger partial charge in [-0.25, -0.2) is 0 Å². The topological polar surface area (TPSA) is 35.2 Å².